The number of benzene rings is 6. The van der Waals surface area contributed by atoms with E-state index in [0.29, 0.717) is 75.6 Å². The van der Waals surface area contributed by atoms with Crippen LogP contribution >= 0.6 is 0 Å². The van der Waals surface area contributed by atoms with Crippen LogP contribution in [0.25, 0.3) is 0 Å². The third-order valence-corrected chi connectivity index (χ3v) is 10.7. The van der Waals surface area contributed by atoms with Crippen LogP contribution in [0.5, 0.6) is 51.7 Å². The van der Waals surface area contributed by atoms with Crippen molar-refractivity contribution in [3.05, 3.63) is 200 Å². The highest BCUT2D eigenvalue weighted by Gasteiger charge is 2.31. The van der Waals surface area contributed by atoms with E-state index in [1.54, 1.807) is 109 Å². The number of ether oxygens (including phenoxy) is 9. The van der Waals surface area contributed by atoms with E-state index in [0.717, 1.165) is 18.2 Å². The minimum absolute atomic E-state index is 0.229. The fourth-order valence-electron chi connectivity index (χ4n) is 6.60. The maximum atomic E-state index is 13.0. The van der Waals surface area contributed by atoms with Gasteiger partial charge in [-0.2, -0.15) is 0 Å². The molecule has 0 atom stereocenters. The molecule has 0 unspecified atom stereocenters. The van der Waals surface area contributed by atoms with Crippen molar-refractivity contribution in [2.75, 3.05) is 39.6 Å². The maximum absolute atomic E-state index is 13.0. The fourth-order valence-corrected chi connectivity index (χ4v) is 6.60. The van der Waals surface area contributed by atoms with E-state index in [4.69, 9.17) is 56.6 Å². The Labute approximate surface area is 457 Å². The molecule has 408 valence electrons. The Morgan fingerprint density at radius 1 is 0.304 bits per heavy atom. The first kappa shape index (κ1) is 58.5. The molecule has 0 bridgehead atoms. The van der Waals surface area contributed by atoms with Gasteiger partial charge in [-0.3, -0.25) is 0 Å². The molecule has 0 aliphatic carbocycles. The lowest BCUT2D eigenvalue weighted by Gasteiger charge is -2.17. The van der Waals surface area contributed by atoms with Crippen molar-refractivity contribution >= 4 is 43.1 Å². The first-order valence-electron chi connectivity index (χ1n) is 25.0. The normalized spacial score (nSPS) is 10.3. The van der Waals surface area contributed by atoms with E-state index < -0.39 is 43.1 Å². The van der Waals surface area contributed by atoms with Gasteiger partial charge in [-0.1, -0.05) is 19.7 Å². The smallest absolute Gasteiger partial charge is 0.494 e. The predicted octanol–water partition coefficient (Wildman–Crippen LogP) is 10.5. The van der Waals surface area contributed by atoms with Gasteiger partial charge in [-0.15, -0.1) is 0 Å². The molecule has 6 aromatic rings. The molecule has 0 spiro atoms. The summed E-state index contributed by atoms with van der Waals surface area (Å²) in [5, 5.41) is 0. The topological polar surface area (TPSA) is 213 Å². The van der Waals surface area contributed by atoms with Gasteiger partial charge in [-0.05, 0) is 184 Å². The van der Waals surface area contributed by atoms with Gasteiger partial charge < -0.3 is 56.6 Å². The highest BCUT2D eigenvalue weighted by atomic mass is 16.7. The van der Waals surface area contributed by atoms with Gasteiger partial charge in [0.2, 0.25) is 0 Å². The zero-order valence-corrected chi connectivity index (χ0v) is 43.1. The lowest BCUT2D eigenvalue weighted by molar-refractivity contribution is -0.138. The van der Waals surface area contributed by atoms with Crippen LogP contribution in [0.15, 0.2) is 184 Å². The Morgan fingerprint density at radius 3 is 0.759 bits per heavy atom. The zero-order chi connectivity index (χ0) is 56.0. The molecule has 0 saturated carbocycles. The summed E-state index contributed by atoms with van der Waals surface area (Å²) < 4.78 is 67.2. The quantitative estimate of drug-likeness (QED) is 0.00936. The van der Waals surface area contributed by atoms with Crippen LogP contribution < -0.4 is 42.4 Å². The fraction of sp³-hybridized carbons (Fsp3) is 0.200. The van der Waals surface area contributed by atoms with Crippen molar-refractivity contribution in [2.45, 2.75) is 38.5 Å². The van der Waals surface area contributed by atoms with Crippen molar-refractivity contribution in [1.29, 1.82) is 0 Å². The number of carbonyl (C=O) groups excluding carboxylic acids is 6. The molecule has 6 rings (SSSR count). The summed E-state index contributed by atoms with van der Waals surface area (Å²) in [5.41, 5.74) is 0.870. The number of rotatable bonds is 33. The second kappa shape index (κ2) is 32.0. The van der Waals surface area contributed by atoms with Crippen LogP contribution in [0.2, 0.25) is 0 Å². The number of unbranched alkanes of at least 4 members (excludes halogenated alkanes) is 3. The highest BCUT2D eigenvalue weighted by molar-refractivity contribution is 6.39. The lowest BCUT2D eigenvalue weighted by atomic mass is 10.2. The molecule has 19 heteroatoms. The Hall–Kier alpha value is -9.78. The second-order valence-corrected chi connectivity index (χ2v) is 16.6. The minimum atomic E-state index is -1.42. The van der Waals surface area contributed by atoms with Gasteiger partial charge in [0.25, 0.3) is 0 Å². The lowest BCUT2D eigenvalue weighted by Crippen LogP contribution is -2.36. The van der Waals surface area contributed by atoms with Gasteiger partial charge in [-0.25, -0.2) is 28.8 Å². The largest absolute Gasteiger partial charge is 0.864 e. The Bertz CT molecular complexity index is 2620. The summed E-state index contributed by atoms with van der Waals surface area (Å²) in [6.45, 7) is 12.1. The number of hydrogen-bond acceptors (Lipinski definition) is 18. The van der Waals surface area contributed by atoms with Gasteiger partial charge in [0.05, 0.1) is 56.3 Å². The van der Waals surface area contributed by atoms with E-state index in [1.165, 1.54) is 36.4 Å². The molecule has 6 aromatic carbocycles. The SMILES string of the molecule is C=CC(=O)OCCCCOc1ccc(C(=O)Oc2ccc(OB(Oc3ccc(OC(=O)c4ccc(OCCCCOC(=O)C=C)cc4)cc3)Oc3ccc(OC(=O)c4ccc(OCCCCOC(=O)C=C)cc4)cc3)cc2)cc1. The first-order valence-corrected chi connectivity index (χ1v) is 25.0. The third kappa shape index (κ3) is 21.0. The van der Waals surface area contributed by atoms with Crippen LogP contribution in [0.3, 0.4) is 0 Å². The van der Waals surface area contributed by atoms with Gasteiger partial charge in [0, 0.05) is 18.2 Å². The zero-order valence-electron chi connectivity index (χ0n) is 43.1. The summed E-state index contributed by atoms with van der Waals surface area (Å²) in [5.74, 6) is -0.0678. The van der Waals surface area contributed by atoms with Crippen LogP contribution in [0, 0.1) is 0 Å². The number of carbonyl (C=O) groups is 6. The maximum Gasteiger partial charge on any atom is 0.864 e. The molecule has 0 heterocycles. The van der Waals surface area contributed by atoms with Crippen molar-refractivity contribution in [1.82, 2.24) is 0 Å². The van der Waals surface area contributed by atoms with Crippen molar-refractivity contribution in [3.63, 3.8) is 0 Å². The monoisotopic (exact) mass is 1080 g/mol. The third-order valence-electron chi connectivity index (χ3n) is 10.7. The van der Waals surface area contributed by atoms with Crippen LogP contribution in [-0.2, 0) is 28.6 Å². The molecule has 0 amide bonds. The van der Waals surface area contributed by atoms with E-state index in [1.807, 2.05) is 0 Å². The molecule has 0 N–H and O–H groups in total. The molecule has 0 aromatic heterocycles. The Balaban J connectivity index is 1.04. The van der Waals surface area contributed by atoms with Gasteiger partial charge >= 0.3 is 43.1 Å². The molecule has 0 fully saturated rings. The molecule has 0 aliphatic rings. The summed E-state index contributed by atoms with van der Waals surface area (Å²) in [6.07, 6.45) is 7.15. The van der Waals surface area contributed by atoms with E-state index in [-0.39, 0.29) is 71.0 Å². The van der Waals surface area contributed by atoms with E-state index >= 15 is 0 Å². The highest BCUT2D eigenvalue weighted by Crippen LogP contribution is 2.26. The standard InChI is InChI=1S/C60H57BO18/c1-4-55(62)71-40-10-7-37-68-46-19-13-43(14-20-46)58(65)74-49-25-31-52(32-26-49)77-61(78-53-33-27-50(28-34-53)75-59(66)44-15-21-47(22-16-44)69-38-8-11-41-72-56(63)5-2)79-54-35-29-51(30-36-54)76-60(67)45-17-23-48(24-18-45)70-39-9-12-42-73-57(64)6-3/h4-6,13-36H,1-3,7-12,37-42H2. The van der Waals surface area contributed by atoms with Crippen LogP contribution in [0.1, 0.15) is 69.6 Å². The molecular weight excluding hydrogens is 1020 g/mol. The van der Waals surface area contributed by atoms with Crippen LogP contribution in [-0.4, -0.2) is 82.8 Å². The minimum Gasteiger partial charge on any atom is -0.494 e. The number of esters is 6. The van der Waals surface area contributed by atoms with Crippen LogP contribution in [0.4, 0.5) is 0 Å². The Morgan fingerprint density at radius 2 is 0.519 bits per heavy atom. The van der Waals surface area contributed by atoms with E-state index in [9.17, 15) is 28.8 Å². The summed E-state index contributed by atoms with van der Waals surface area (Å²) >= 11 is 0. The summed E-state index contributed by atoms with van der Waals surface area (Å²) in [7, 11) is -1.42. The van der Waals surface area contributed by atoms with Crippen molar-refractivity contribution in [3.8, 4) is 51.7 Å². The summed E-state index contributed by atoms with van der Waals surface area (Å²) in [4.78, 5) is 72.6. The Kier molecular flexibility index (Phi) is 23.7. The number of hydrogen-bond donors (Lipinski definition) is 0. The second-order valence-electron chi connectivity index (χ2n) is 16.6. The molecule has 0 radical (unpaired) electrons. The molecule has 0 aliphatic heterocycles. The van der Waals surface area contributed by atoms with Gasteiger partial charge in [0.1, 0.15) is 51.7 Å². The molecule has 79 heavy (non-hydrogen) atoms. The first-order chi connectivity index (χ1) is 38.5. The summed E-state index contributed by atoms with van der Waals surface area (Å²) in [6, 6.07) is 37.9. The molecular formula is C60H57BO18. The molecule has 0 saturated heterocycles. The average molecular weight is 1080 g/mol. The van der Waals surface area contributed by atoms with Crippen molar-refractivity contribution in [2.24, 2.45) is 0 Å². The van der Waals surface area contributed by atoms with Gasteiger partial charge in [0.15, 0.2) is 0 Å². The molecule has 18 nitrogen and oxygen atoms in total. The average Bonchev–Trinajstić information content (AvgIpc) is 3.49. The predicted molar refractivity (Wildman–Crippen MR) is 289 cm³/mol. The van der Waals surface area contributed by atoms with E-state index in [2.05, 4.69) is 19.7 Å². The van der Waals surface area contributed by atoms with Crippen molar-refractivity contribution < 1.29 is 85.4 Å².